The van der Waals surface area contributed by atoms with E-state index in [0.717, 1.165) is 43.5 Å². The molecule has 1 saturated heterocycles. The van der Waals surface area contributed by atoms with Crippen molar-refractivity contribution in [3.63, 3.8) is 0 Å². The molecule has 0 bridgehead atoms. The molecule has 0 radical (unpaired) electrons. The first-order chi connectivity index (χ1) is 11.7. The summed E-state index contributed by atoms with van der Waals surface area (Å²) in [5.74, 6) is 0.884. The van der Waals surface area contributed by atoms with Crippen molar-refractivity contribution in [2.45, 2.75) is 31.1 Å². The van der Waals surface area contributed by atoms with Crippen LogP contribution in [-0.4, -0.2) is 30.2 Å². The summed E-state index contributed by atoms with van der Waals surface area (Å²) in [6.45, 7) is 3.79. The van der Waals surface area contributed by atoms with Crippen molar-refractivity contribution in [3.8, 4) is 0 Å². The molecular weight excluding hydrogens is 314 g/mol. The van der Waals surface area contributed by atoms with Crippen molar-refractivity contribution in [2.24, 2.45) is 5.92 Å². The molecule has 2 aromatic rings. The van der Waals surface area contributed by atoms with Gasteiger partial charge in [0.25, 0.3) is 5.91 Å². The monoisotopic (exact) mass is 339 g/mol. The zero-order valence-electron chi connectivity index (χ0n) is 14.5. The van der Waals surface area contributed by atoms with Crippen molar-refractivity contribution < 1.29 is 4.79 Å². The molecule has 0 aromatic heterocycles. The average molecular weight is 340 g/mol. The molecule has 3 rings (SSSR count). The number of rotatable bonds is 4. The van der Waals surface area contributed by atoms with Crippen LogP contribution in [0.1, 0.15) is 34.3 Å². The van der Waals surface area contributed by atoms with Crippen LogP contribution in [0.2, 0.25) is 0 Å². The molecular formula is C21H25NOS. The van der Waals surface area contributed by atoms with E-state index < -0.39 is 0 Å². The van der Waals surface area contributed by atoms with E-state index in [4.69, 9.17) is 0 Å². The number of hydrogen-bond donors (Lipinski definition) is 0. The van der Waals surface area contributed by atoms with Crippen molar-refractivity contribution >= 4 is 17.7 Å². The zero-order chi connectivity index (χ0) is 16.9. The molecule has 1 fully saturated rings. The summed E-state index contributed by atoms with van der Waals surface area (Å²) in [7, 11) is 0. The van der Waals surface area contributed by atoms with Gasteiger partial charge in [-0.25, -0.2) is 0 Å². The first kappa shape index (κ1) is 17.1. The van der Waals surface area contributed by atoms with Crippen LogP contribution in [0.3, 0.4) is 0 Å². The van der Waals surface area contributed by atoms with E-state index in [-0.39, 0.29) is 5.91 Å². The Morgan fingerprint density at radius 3 is 2.46 bits per heavy atom. The Bertz CT molecular complexity index is 690. The van der Waals surface area contributed by atoms with Crippen LogP contribution in [0.25, 0.3) is 0 Å². The molecule has 1 heterocycles. The van der Waals surface area contributed by atoms with Crippen molar-refractivity contribution in [3.05, 3.63) is 65.2 Å². The number of nitrogens with zero attached hydrogens (tertiary/aromatic N) is 1. The molecule has 1 amide bonds. The molecule has 0 atom stereocenters. The fraction of sp³-hybridized carbons (Fsp3) is 0.381. The molecule has 0 N–H and O–H groups in total. The zero-order valence-corrected chi connectivity index (χ0v) is 15.3. The van der Waals surface area contributed by atoms with Gasteiger partial charge in [-0.05, 0) is 67.7 Å². The van der Waals surface area contributed by atoms with E-state index in [9.17, 15) is 4.79 Å². The Morgan fingerprint density at radius 2 is 1.83 bits per heavy atom. The maximum atomic E-state index is 12.8. The number of likely N-dealkylation sites (tertiary alicyclic amines) is 1. The molecule has 0 unspecified atom stereocenters. The van der Waals surface area contributed by atoms with E-state index in [1.165, 1.54) is 10.5 Å². The van der Waals surface area contributed by atoms with Crippen LogP contribution in [0.4, 0.5) is 0 Å². The highest BCUT2D eigenvalue weighted by Gasteiger charge is 2.24. The maximum absolute atomic E-state index is 12.8. The lowest BCUT2D eigenvalue weighted by molar-refractivity contribution is 0.0690. The van der Waals surface area contributed by atoms with Gasteiger partial charge in [-0.3, -0.25) is 4.79 Å². The second kappa shape index (κ2) is 7.89. The molecule has 3 heteroatoms. The highest BCUT2D eigenvalue weighted by atomic mass is 32.2. The van der Waals surface area contributed by atoms with Gasteiger partial charge in [-0.15, -0.1) is 11.8 Å². The molecule has 1 aliphatic heterocycles. The molecule has 2 nitrogen and oxygen atoms in total. The lowest BCUT2D eigenvalue weighted by Gasteiger charge is -2.32. The minimum atomic E-state index is 0.193. The minimum absolute atomic E-state index is 0.193. The fourth-order valence-corrected chi connectivity index (χ4v) is 3.96. The van der Waals surface area contributed by atoms with Gasteiger partial charge in [0, 0.05) is 23.5 Å². The van der Waals surface area contributed by atoms with Crippen LogP contribution in [0, 0.1) is 12.8 Å². The second-order valence-corrected chi connectivity index (χ2v) is 7.49. The summed E-state index contributed by atoms with van der Waals surface area (Å²) in [5, 5.41) is 0. The van der Waals surface area contributed by atoms with Crippen LogP contribution < -0.4 is 0 Å². The molecule has 1 aliphatic rings. The summed E-state index contributed by atoms with van der Waals surface area (Å²) in [6.07, 6.45) is 5.39. The Labute approximate surface area is 149 Å². The topological polar surface area (TPSA) is 20.3 Å². The summed E-state index contributed by atoms with van der Waals surface area (Å²) in [6, 6.07) is 16.8. The first-order valence-corrected chi connectivity index (χ1v) is 9.87. The fourth-order valence-electron chi connectivity index (χ4n) is 3.46. The number of hydrogen-bond acceptors (Lipinski definition) is 2. The van der Waals surface area contributed by atoms with Gasteiger partial charge in [-0.2, -0.15) is 0 Å². The SMILES string of the molecule is CSc1ccc(C(=O)N2CCC(Cc3ccccc3)CC2)c(C)c1. The highest BCUT2D eigenvalue weighted by Crippen LogP contribution is 2.25. The maximum Gasteiger partial charge on any atom is 0.254 e. The smallest absolute Gasteiger partial charge is 0.254 e. The standard InChI is InChI=1S/C21H25NOS/c1-16-14-19(24-2)8-9-20(16)21(23)22-12-10-18(11-13-22)15-17-6-4-3-5-7-17/h3-9,14,18H,10-13,15H2,1-2H3. The van der Waals surface area contributed by atoms with E-state index in [1.807, 2.05) is 24.0 Å². The lowest BCUT2D eigenvalue weighted by Crippen LogP contribution is -2.39. The van der Waals surface area contributed by atoms with E-state index in [0.29, 0.717) is 5.92 Å². The molecule has 0 spiro atoms. The van der Waals surface area contributed by atoms with Gasteiger partial charge < -0.3 is 4.90 Å². The van der Waals surface area contributed by atoms with Gasteiger partial charge in [0.1, 0.15) is 0 Å². The lowest BCUT2D eigenvalue weighted by atomic mass is 9.90. The Morgan fingerprint density at radius 1 is 1.12 bits per heavy atom. The quantitative estimate of drug-likeness (QED) is 0.745. The highest BCUT2D eigenvalue weighted by molar-refractivity contribution is 7.98. The van der Waals surface area contributed by atoms with Crippen molar-refractivity contribution in [1.29, 1.82) is 0 Å². The molecule has 24 heavy (non-hydrogen) atoms. The number of aryl methyl sites for hydroxylation is 1. The molecule has 0 saturated carbocycles. The van der Waals surface area contributed by atoms with E-state index in [2.05, 4.69) is 42.7 Å². The van der Waals surface area contributed by atoms with Gasteiger partial charge >= 0.3 is 0 Å². The van der Waals surface area contributed by atoms with Crippen LogP contribution >= 0.6 is 11.8 Å². The predicted molar refractivity (Wildman–Crippen MR) is 102 cm³/mol. The third-order valence-corrected chi connectivity index (χ3v) is 5.66. The largest absolute Gasteiger partial charge is 0.339 e. The van der Waals surface area contributed by atoms with Crippen LogP contribution in [0.5, 0.6) is 0 Å². The van der Waals surface area contributed by atoms with Crippen LogP contribution in [0.15, 0.2) is 53.4 Å². The number of carbonyl (C=O) groups is 1. The number of thioether (sulfide) groups is 1. The Balaban J connectivity index is 1.59. The van der Waals surface area contributed by atoms with Crippen molar-refractivity contribution in [2.75, 3.05) is 19.3 Å². The number of carbonyl (C=O) groups excluding carboxylic acids is 1. The number of benzene rings is 2. The van der Waals surface area contributed by atoms with Crippen LogP contribution in [-0.2, 0) is 6.42 Å². The summed E-state index contributed by atoms with van der Waals surface area (Å²) < 4.78 is 0. The molecule has 0 aliphatic carbocycles. The molecule has 126 valence electrons. The third kappa shape index (κ3) is 4.02. The van der Waals surface area contributed by atoms with Gasteiger partial charge in [0.05, 0.1) is 0 Å². The van der Waals surface area contributed by atoms with Gasteiger partial charge in [0.15, 0.2) is 0 Å². The Kier molecular flexibility index (Phi) is 5.62. The number of piperidine rings is 1. The molecule has 2 aromatic carbocycles. The predicted octanol–water partition coefficient (Wildman–Crippen LogP) is 4.81. The normalized spacial score (nSPS) is 15.5. The van der Waals surface area contributed by atoms with E-state index in [1.54, 1.807) is 11.8 Å². The Hall–Kier alpha value is -1.74. The van der Waals surface area contributed by atoms with Crippen molar-refractivity contribution in [1.82, 2.24) is 4.90 Å². The first-order valence-electron chi connectivity index (χ1n) is 8.65. The summed E-state index contributed by atoms with van der Waals surface area (Å²) >= 11 is 1.72. The van der Waals surface area contributed by atoms with E-state index >= 15 is 0 Å². The third-order valence-electron chi connectivity index (χ3n) is 4.93. The minimum Gasteiger partial charge on any atom is -0.339 e. The van der Waals surface area contributed by atoms with Gasteiger partial charge in [-0.1, -0.05) is 30.3 Å². The number of amides is 1. The average Bonchev–Trinajstić information content (AvgIpc) is 2.62. The van der Waals surface area contributed by atoms with Gasteiger partial charge in [0.2, 0.25) is 0 Å². The summed E-state index contributed by atoms with van der Waals surface area (Å²) in [4.78, 5) is 16.0. The summed E-state index contributed by atoms with van der Waals surface area (Å²) in [5.41, 5.74) is 3.35. The second-order valence-electron chi connectivity index (χ2n) is 6.61.